The van der Waals surface area contributed by atoms with Crippen LogP contribution in [0.15, 0.2) is 24.3 Å². The van der Waals surface area contributed by atoms with E-state index in [1.807, 2.05) is 26.0 Å². The van der Waals surface area contributed by atoms with Crippen molar-refractivity contribution >= 4 is 15.9 Å². The number of benzene rings is 1. The summed E-state index contributed by atoms with van der Waals surface area (Å²) in [5.41, 5.74) is 0.608. The molecule has 0 radical (unpaired) electrons. The fourth-order valence-corrected chi connectivity index (χ4v) is 3.35. The molecule has 0 N–H and O–H groups in total. The topological polar surface area (TPSA) is 49.9 Å². The van der Waals surface area contributed by atoms with Gasteiger partial charge >= 0.3 is 10.2 Å². The molecule has 0 saturated carbocycles. The van der Waals surface area contributed by atoms with Crippen LogP contribution >= 0.6 is 0 Å². The van der Waals surface area contributed by atoms with Crippen molar-refractivity contribution in [3.8, 4) is 5.75 Å². The van der Waals surface area contributed by atoms with E-state index < -0.39 is 10.2 Å². The monoisotopic (exact) mass is 270 g/mol. The fourth-order valence-electron chi connectivity index (χ4n) is 1.81. The second-order valence-electron chi connectivity index (χ2n) is 4.51. The fraction of sp³-hybridized carbons (Fsp3) is 0.500. The lowest BCUT2D eigenvalue weighted by atomic mass is 10.2. The molecule has 1 aromatic carbocycles. The molecule has 1 aliphatic heterocycles. The first-order valence-electron chi connectivity index (χ1n) is 5.92. The molecule has 18 heavy (non-hydrogen) atoms. The molecule has 6 heteroatoms. The molecule has 0 aromatic heterocycles. The van der Waals surface area contributed by atoms with Crippen LogP contribution in [0.2, 0.25) is 0 Å². The van der Waals surface area contributed by atoms with Crippen LogP contribution in [-0.2, 0) is 10.2 Å². The van der Waals surface area contributed by atoms with Crippen LogP contribution in [0.25, 0.3) is 0 Å². The van der Waals surface area contributed by atoms with Gasteiger partial charge in [0.1, 0.15) is 12.4 Å². The maximum atomic E-state index is 12.5. The van der Waals surface area contributed by atoms with E-state index in [1.165, 1.54) is 8.61 Å². The van der Waals surface area contributed by atoms with E-state index in [4.69, 9.17) is 4.74 Å². The maximum Gasteiger partial charge on any atom is 0.304 e. The van der Waals surface area contributed by atoms with Gasteiger partial charge < -0.3 is 4.74 Å². The molecule has 0 amide bonds. The van der Waals surface area contributed by atoms with Gasteiger partial charge in [-0.3, -0.25) is 4.31 Å². The first kappa shape index (κ1) is 13.2. The molecule has 1 aliphatic rings. The molecule has 0 bridgehead atoms. The Morgan fingerprint density at radius 3 is 2.67 bits per heavy atom. The van der Waals surface area contributed by atoms with Crippen LogP contribution in [0, 0.1) is 0 Å². The van der Waals surface area contributed by atoms with Crippen LogP contribution in [0.3, 0.4) is 0 Å². The predicted molar refractivity (Wildman–Crippen MR) is 71.1 cm³/mol. The number of nitrogens with zero attached hydrogens (tertiary/aromatic N) is 2. The third-order valence-electron chi connectivity index (χ3n) is 3.06. The Bertz CT molecular complexity index is 528. The summed E-state index contributed by atoms with van der Waals surface area (Å²) >= 11 is 0. The second-order valence-corrected chi connectivity index (χ2v) is 6.42. The first-order valence-corrected chi connectivity index (χ1v) is 7.32. The molecular weight excluding hydrogens is 252 g/mol. The highest BCUT2D eigenvalue weighted by Crippen LogP contribution is 2.33. The van der Waals surface area contributed by atoms with E-state index >= 15 is 0 Å². The quantitative estimate of drug-likeness (QED) is 0.835. The van der Waals surface area contributed by atoms with Gasteiger partial charge in [0.2, 0.25) is 0 Å². The Hall–Kier alpha value is -1.27. The minimum atomic E-state index is -3.49. The highest BCUT2D eigenvalue weighted by Gasteiger charge is 2.32. The Morgan fingerprint density at radius 2 is 2.00 bits per heavy atom. The zero-order chi connectivity index (χ0) is 13.3. The summed E-state index contributed by atoms with van der Waals surface area (Å²) in [6, 6.07) is 7.11. The average molecular weight is 270 g/mol. The standard InChI is InChI=1S/C12H18N2O3S/c1-10(2)13(3)18(15,16)14-8-9-17-12-7-5-4-6-11(12)14/h4-7,10H,8-9H2,1-3H3. The normalized spacial score (nSPS) is 15.7. The van der Waals surface area contributed by atoms with E-state index in [0.29, 0.717) is 24.6 Å². The van der Waals surface area contributed by atoms with E-state index in [9.17, 15) is 8.42 Å². The molecule has 100 valence electrons. The van der Waals surface area contributed by atoms with Crippen molar-refractivity contribution in [1.29, 1.82) is 0 Å². The van der Waals surface area contributed by atoms with Crippen molar-refractivity contribution in [1.82, 2.24) is 4.31 Å². The molecule has 0 spiro atoms. The highest BCUT2D eigenvalue weighted by molar-refractivity contribution is 7.90. The molecule has 1 aromatic rings. The summed E-state index contributed by atoms with van der Waals surface area (Å²) in [6.07, 6.45) is 0. The van der Waals surface area contributed by atoms with E-state index in [-0.39, 0.29) is 6.04 Å². The van der Waals surface area contributed by atoms with Crippen molar-refractivity contribution < 1.29 is 13.2 Å². The van der Waals surface area contributed by atoms with Gasteiger partial charge in [0.25, 0.3) is 0 Å². The molecule has 5 nitrogen and oxygen atoms in total. The third kappa shape index (κ3) is 2.18. The third-order valence-corrected chi connectivity index (χ3v) is 5.14. The molecule has 0 unspecified atom stereocenters. The SMILES string of the molecule is CC(C)N(C)S(=O)(=O)N1CCOc2ccccc21. The van der Waals surface area contributed by atoms with Crippen molar-refractivity contribution in [3.05, 3.63) is 24.3 Å². The first-order chi connectivity index (χ1) is 8.44. The number of anilines is 1. The summed E-state index contributed by atoms with van der Waals surface area (Å²) in [5.74, 6) is 0.615. The second kappa shape index (κ2) is 4.78. The number of hydrogen-bond donors (Lipinski definition) is 0. The van der Waals surface area contributed by atoms with E-state index in [0.717, 1.165) is 0 Å². The minimum Gasteiger partial charge on any atom is -0.489 e. The maximum absolute atomic E-state index is 12.5. The average Bonchev–Trinajstić information content (AvgIpc) is 2.36. The number of para-hydroxylation sites is 2. The molecule has 0 fully saturated rings. The van der Waals surface area contributed by atoms with Crippen molar-refractivity contribution in [2.45, 2.75) is 19.9 Å². The lowest BCUT2D eigenvalue weighted by Gasteiger charge is -2.34. The highest BCUT2D eigenvalue weighted by atomic mass is 32.2. The summed E-state index contributed by atoms with van der Waals surface area (Å²) in [7, 11) is -1.89. The van der Waals surface area contributed by atoms with Crippen LogP contribution in [0.1, 0.15) is 13.8 Å². The van der Waals surface area contributed by atoms with Gasteiger partial charge in [0.05, 0.1) is 12.2 Å². The molecule has 0 atom stereocenters. The van der Waals surface area contributed by atoms with Crippen molar-refractivity contribution in [2.24, 2.45) is 0 Å². The predicted octanol–water partition coefficient (Wildman–Crippen LogP) is 1.47. The van der Waals surface area contributed by atoms with Gasteiger partial charge in [-0.15, -0.1) is 0 Å². The van der Waals surface area contributed by atoms with Crippen LogP contribution in [-0.4, -0.2) is 39.0 Å². The van der Waals surface area contributed by atoms with E-state index in [2.05, 4.69) is 0 Å². The number of rotatable bonds is 3. The van der Waals surface area contributed by atoms with Crippen LogP contribution < -0.4 is 9.04 Å². The summed E-state index contributed by atoms with van der Waals surface area (Å²) in [4.78, 5) is 0. The number of fused-ring (bicyclic) bond motifs is 1. The molecule has 2 rings (SSSR count). The Labute approximate surface area is 108 Å². The number of hydrogen-bond acceptors (Lipinski definition) is 3. The van der Waals surface area contributed by atoms with Gasteiger partial charge in [-0.2, -0.15) is 12.7 Å². The van der Waals surface area contributed by atoms with Crippen LogP contribution in [0.5, 0.6) is 5.75 Å². The summed E-state index contributed by atoms with van der Waals surface area (Å²) < 4.78 is 33.2. The summed E-state index contributed by atoms with van der Waals surface area (Å²) in [6.45, 7) is 4.42. The molecule has 1 heterocycles. The lowest BCUT2D eigenvalue weighted by Crippen LogP contribution is -2.47. The van der Waals surface area contributed by atoms with Crippen molar-refractivity contribution in [2.75, 3.05) is 24.5 Å². The van der Waals surface area contributed by atoms with Gasteiger partial charge in [-0.25, -0.2) is 0 Å². The smallest absolute Gasteiger partial charge is 0.304 e. The molecule has 0 saturated heterocycles. The minimum absolute atomic E-state index is 0.0787. The van der Waals surface area contributed by atoms with Gasteiger partial charge in [0, 0.05) is 13.1 Å². The number of ether oxygens (including phenoxy) is 1. The molecular formula is C12H18N2O3S. The summed E-state index contributed by atoms with van der Waals surface area (Å²) in [5, 5.41) is 0. The van der Waals surface area contributed by atoms with E-state index in [1.54, 1.807) is 19.2 Å². The Morgan fingerprint density at radius 1 is 1.33 bits per heavy atom. The lowest BCUT2D eigenvalue weighted by molar-refractivity contribution is 0.312. The Kier molecular flexibility index (Phi) is 3.49. The van der Waals surface area contributed by atoms with Gasteiger partial charge in [0.15, 0.2) is 0 Å². The van der Waals surface area contributed by atoms with Gasteiger partial charge in [-0.1, -0.05) is 12.1 Å². The zero-order valence-corrected chi connectivity index (χ0v) is 11.6. The Balaban J connectivity index is 2.42. The largest absolute Gasteiger partial charge is 0.489 e. The van der Waals surface area contributed by atoms with Gasteiger partial charge in [-0.05, 0) is 26.0 Å². The van der Waals surface area contributed by atoms with Crippen LogP contribution in [0.4, 0.5) is 5.69 Å². The molecule has 0 aliphatic carbocycles. The van der Waals surface area contributed by atoms with Crippen molar-refractivity contribution in [3.63, 3.8) is 0 Å². The zero-order valence-electron chi connectivity index (χ0n) is 10.8.